The van der Waals surface area contributed by atoms with Gasteiger partial charge in [0.1, 0.15) is 11.7 Å². The number of carbonyl (C=O) groups excluding carboxylic acids is 1. The number of rotatable bonds is 5. The number of alkyl halides is 3. The number of carbonyl (C=O) groups is 1. The van der Waals surface area contributed by atoms with Gasteiger partial charge in [0.2, 0.25) is 17.7 Å². The van der Waals surface area contributed by atoms with Crippen LogP contribution in [0.2, 0.25) is 0 Å². The molecule has 1 aromatic carbocycles. The van der Waals surface area contributed by atoms with Crippen molar-refractivity contribution >= 4 is 29.3 Å². The molecule has 0 spiro atoms. The van der Waals surface area contributed by atoms with Gasteiger partial charge in [-0.3, -0.25) is 9.79 Å². The van der Waals surface area contributed by atoms with Gasteiger partial charge in [0.05, 0.1) is 18.3 Å². The molecule has 1 amide bonds. The molecule has 0 radical (unpaired) electrons. The second kappa shape index (κ2) is 9.40. The Bertz CT molecular complexity index is 1320. The molecule has 1 fully saturated rings. The van der Waals surface area contributed by atoms with Crippen LogP contribution in [-0.4, -0.2) is 63.5 Å². The Balaban J connectivity index is 1.49. The predicted octanol–water partition coefficient (Wildman–Crippen LogP) is 4.18. The lowest BCUT2D eigenvalue weighted by atomic mass is 10.0. The van der Waals surface area contributed by atoms with Crippen LogP contribution >= 0.6 is 0 Å². The highest BCUT2D eigenvalue weighted by molar-refractivity contribution is 5.86. The standard InChI is InChI=1S/C24H23F3N6O2/c1-14(34)32-10-8-20(18(25)13-32)29-24-30-22(35-23(26)27)21-17(7-11-33(21)31-24)15-5-6-19-16(12-15)4-2-3-9-28-19/h2-3,5-7,9,11-12,18,20,23H,4,8,10,13H2,1H3,(H,29,31)/t18-,20+/m1/s1. The minimum Gasteiger partial charge on any atom is -0.414 e. The van der Waals surface area contributed by atoms with Gasteiger partial charge in [-0.05, 0) is 48.2 Å². The lowest BCUT2D eigenvalue weighted by molar-refractivity contribution is -0.131. The van der Waals surface area contributed by atoms with E-state index in [1.54, 1.807) is 18.5 Å². The van der Waals surface area contributed by atoms with Gasteiger partial charge in [0, 0.05) is 31.4 Å². The van der Waals surface area contributed by atoms with Crippen molar-refractivity contribution in [3.8, 4) is 17.0 Å². The van der Waals surface area contributed by atoms with Crippen molar-refractivity contribution in [2.75, 3.05) is 18.4 Å². The molecular weight excluding hydrogens is 461 g/mol. The van der Waals surface area contributed by atoms with E-state index in [9.17, 15) is 18.0 Å². The largest absolute Gasteiger partial charge is 0.414 e. The highest BCUT2D eigenvalue weighted by Gasteiger charge is 2.31. The number of halogens is 3. The van der Waals surface area contributed by atoms with Crippen molar-refractivity contribution in [1.29, 1.82) is 0 Å². The van der Waals surface area contributed by atoms with Gasteiger partial charge in [0.15, 0.2) is 0 Å². The van der Waals surface area contributed by atoms with Crippen LogP contribution in [0.4, 0.5) is 24.8 Å². The highest BCUT2D eigenvalue weighted by atomic mass is 19.3. The van der Waals surface area contributed by atoms with Crippen LogP contribution in [0, 0.1) is 0 Å². The fourth-order valence-electron chi connectivity index (χ4n) is 4.39. The Morgan fingerprint density at radius 2 is 2.14 bits per heavy atom. The van der Waals surface area contributed by atoms with Gasteiger partial charge >= 0.3 is 6.61 Å². The van der Waals surface area contributed by atoms with E-state index in [1.807, 2.05) is 30.4 Å². The summed E-state index contributed by atoms with van der Waals surface area (Å²) in [5.41, 5.74) is 3.50. The Hall–Kier alpha value is -3.89. The van der Waals surface area contributed by atoms with Gasteiger partial charge in [-0.25, -0.2) is 8.91 Å². The van der Waals surface area contributed by atoms with E-state index in [1.165, 1.54) is 16.3 Å². The van der Waals surface area contributed by atoms with Crippen LogP contribution in [0.5, 0.6) is 5.88 Å². The highest BCUT2D eigenvalue weighted by Crippen LogP contribution is 2.35. The quantitative estimate of drug-likeness (QED) is 0.587. The van der Waals surface area contributed by atoms with Gasteiger partial charge in [0.25, 0.3) is 0 Å². The zero-order valence-corrected chi connectivity index (χ0v) is 18.9. The fourth-order valence-corrected chi connectivity index (χ4v) is 4.39. The molecular formula is C24H23F3N6O2. The summed E-state index contributed by atoms with van der Waals surface area (Å²) in [6, 6.07) is 6.75. The third-order valence-corrected chi connectivity index (χ3v) is 6.15. The number of piperidine rings is 1. The molecule has 0 bridgehead atoms. The van der Waals surface area contributed by atoms with Crippen molar-refractivity contribution in [3.05, 3.63) is 48.2 Å². The summed E-state index contributed by atoms with van der Waals surface area (Å²) in [5.74, 6) is -0.556. The third-order valence-electron chi connectivity index (χ3n) is 6.15. The molecule has 11 heteroatoms. The summed E-state index contributed by atoms with van der Waals surface area (Å²) >= 11 is 0. The number of anilines is 1. The van der Waals surface area contributed by atoms with Crippen LogP contribution in [-0.2, 0) is 11.2 Å². The molecule has 35 heavy (non-hydrogen) atoms. The molecule has 5 rings (SSSR count). The van der Waals surface area contributed by atoms with Gasteiger partial charge in [-0.2, -0.15) is 13.8 Å². The summed E-state index contributed by atoms with van der Waals surface area (Å²) < 4.78 is 47.4. The van der Waals surface area contributed by atoms with Crippen LogP contribution in [0.25, 0.3) is 16.6 Å². The lowest BCUT2D eigenvalue weighted by Crippen LogP contribution is -2.49. The Kier molecular flexibility index (Phi) is 6.14. The summed E-state index contributed by atoms with van der Waals surface area (Å²) in [4.78, 5) is 21.5. The molecule has 1 saturated heterocycles. The molecule has 2 atom stereocenters. The van der Waals surface area contributed by atoms with Crippen molar-refractivity contribution in [1.82, 2.24) is 19.5 Å². The third kappa shape index (κ3) is 4.71. The lowest BCUT2D eigenvalue weighted by Gasteiger charge is -2.34. The molecule has 0 unspecified atom stereocenters. The maximum Gasteiger partial charge on any atom is 0.388 e. The first-order chi connectivity index (χ1) is 16.9. The number of allylic oxidation sites excluding steroid dienone is 2. The van der Waals surface area contributed by atoms with E-state index in [4.69, 9.17) is 4.74 Å². The molecule has 2 aliphatic rings. The van der Waals surface area contributed by atoms with Crippen molar-refractivity contribution in [2.45, 2.75) is 38.6 Å². The first kappa shape index (κ1) is 22.9. The maximum absolute atomic E-state index is 14.7. The molecule has 182 valence electrons. The van der Waals surface area contributed by atoms with E-state index in [2.05, 4.69) is 20.4 Å². The average Bonchev–Trinajstić information content (AvgIpc) is 3.10. The topological polar surface area (TPSA) is 84.1 Å². The SMILES string of the molecule is CC(=O)N1CC[C@H](Nc2nc(OC(F)F)c3c(-c4ccc5c(c4)CC=CC=N5)ccn3n2)[C@H](F)C1. The van der Waals surface area contributed by atoms with Crippen molar-refractivity contribution in [3.63, 3.8) is 0 Å². The van der Waals surface area contributed by atoms with Gasteiger partial charge in [-0.1, -0.05) is 12.1 Å². The van der Waals surface area contributed by atoms with Crippen molar-refractivity contribution in [2.24, 2.45) is 4.99 Å². The van der Waals surface area contributed by atoms with E-state index in [0.29, 0.717) is 24.9 Å². The number of aliphatic imine (C=N–C) groups is 1. The van der Waals surface area contributed by atoms with E-state index < -0.39 is 18.8 Å². The number of hydrogen-bond donors (Lipinski definition) is 1. The number of nitrogens with one attached hydrogen (secondary N) is 1. The number of fused-ring (bicyclic) bond motifs is 2. The number of likely N-dealkylation sites (tertiary alicyclic amines) is 1. The van der Waals surface area contributed by atoms with E-state index in [-0.39, 0.29) is 29.8 Å². The average molecular weight is 484 g/mol. The minimum absolute atomic E-state index is 0.0411. The van der Waals surface area contributed by atoms with Crippen LogP contribution in [0.15, 0.2) is 47.6 Å². The number of nitrogens with zero attached hydrogens (tertiary/aromatic N) is 5. The maximum atomic E-state index is 14.7. The number of aromatic nitrogens is 3. The Labute approximate surface area is 199 Å². The summed E-state index contributed by atoms with van der Waals surface area (Å²) in [5, 5.41) is 7.25. The number of amides is 1. The summed E-state index contributed by atoms with van der Waals surface area (Å²) in [7, 11) is 0. The molecule has 0 saturated carbocycles. The smallest absolute Gasteiger partial charge is 0.388 e. The normalized spacial score (nSPS) is 19.6. The Morgan fingerprint density at radius 3 is 2.91 bits per heavy atom. The second-order valence-corrected chi connectivity index (χ2v) is 8.42. The van der Waals surface area contributed by atoms with Gasteiger partial charge < -0.3 is 15.0 Å². The fraction of sp³-hybridized carbons (Fsp3) is 0.333. The minimum atomic E-state index is -3.11. The number of ether oxygens (including phenoxy) is 1. The zero-order valence-electron chi connectivity index (χ0n) is 18.9. The summed E-state index contributed by atoms with van der Waals surface area (Å²) in [6.07, 6.45) is 6.86. The van der Waals surface area contributed by atoms with Crippen LogP contribution in [0.1, 0.15) is 18.9 Å². The van der Waals surface area contributed by atoms with Crippen LogP contribution in [0.3, 0.4) is 0 Å². The number of hydrogen-bond acceptors (Lipinski definition) is 6. The molecule has 2 aliphatic heterocycles. The van der Waals surface area contributed by atoms with E-state index in [0.717, 1.165) is 16.8 Å². The van der Waals surface area contributed by atoms with E-state index >= 15 is 0 Å². The molecule has 8 nitrogen and oxygen atoms in total. The predicted molar refractivity (Wildman–Crippen MR) is 125 cm³/mol. The molecule has 3 aromatic rings. The van der Waals surface area contributed by atoms with Gasteiger partial charge in [-0.15, -0.1) is 5.10 Å². The van der Waals surface area contributed by atoms with Crippen molar-refractivity contribution < 1.29 is 22.7 Å². The second-order valence-electron chi connectivity index (χ2n) is 8.42. The first-order valence-electron chi connectivity index (χ1n) is 11.2. The molecule has 1 N–H and O–H groups in total. The monoisotopic (exact) mass is 484 g/mol. The molecule has 0 aliphatic carbocycles. The van der Waals surface area contributed by atoms with Crippen LogP contribution < -0.4 is 10.1 Å². The molecule has 2 aromatic heterocycles. The summed E-state index contributed by atoms with van der Waals surface area (Å²) in [6.45, 7) is -1.39. The first-order valence-corrected chi connectivity index (χ1v) is 11.2. The number of benzene rings is 1. The zero-order chi connectivity index (χ0) is 24.5. The Morgan fingerprint density at radius 1 is 1.29 bits per heavy atom. The molecule has 4 heterocycles.